The lowest BCUT2D eigenvalue weighted by atomic mass is 10.3. The van der Waals surface area contributed by atoms with Crippen LogP contribution in [0.4, 0.5) is 0 Å². The van der Waals surface area contributed by atoms with Crippen LogP contribution in [0.25, 0.3) is 11.0 Å². The Hall–Kier alpha value is -1.07. The molecule has 0 aliphatic heterocycles. The van der Waals surface area contributed by atoms with Crippen molar-refractivity contribution in [2.24, 2.45) is 5.73 Å². The van der Waals surface area contributed by atoms with E-state index in [0.29, 0.717) is 18.8 Å². The first kappa shape index (κ1) is 9.48. The van der Waals surface area contributed by atoms with E-state index in [1.54, 1.807) is 0 Å². The molecule has 0 atom stereocenters. The number of aromatic nitrogens is 3. The Labute approximate surface area is 89.7 Å². The molecule has 1 aromatic carbocycles. The summed E-state index contributed by atoms with van der Waals surface area (Å²) in [4.78, 5) is 4.34. The molecule has 2 rings (SSSR count). The van der Waals surface area contributed by atoms with Crippen molar-refractivity contribution in [3.63, 3.8) is 0 Å². The zero-order valence-electron chi connectivity index (χ0n) is 7.44. The molecule has 0 aliphatic carbocycles. The van der Waals surface area contributed by atoms with Gasteiger partial charge in [0.05, 0.1) is 5.52 Å². The van der Waals surface area contributed by atoms with Crippen molar-refractivity contribution >= 4 is 27.0 Å². The summed E-state index contributed by atoms with van der Waals surface area (Å²) in [7, 11) is 0. The molecule has 0 saturated heterocycles. The molecule has 0 fully saturated rings. The minimum absolute atomic E-state index is 0.543. The molecule has 72 valence electrons. The lowest BCUT2D eigenvalue weighted by Crippen LogP contribution is -2.07. The van der Waals surface area contributed by atoms with Gasteiger partial charge < -0.3 is 5.73 Å². The number of rotatable bonds is 2. The van der Waals surface area contributed by atoms with Crippen LogP contribution in [0, 0.1) is 0 Å². The second-order valence-corrected chi connectivity index (χ2v) is 3.82. The van der Waals surface area contributed by atoms with Gasteiger partial charge in [-0.15, -0.1) is 10.2 Å². The van der Waals surface area contributed by atoms with Gasteiger partial charge in [0.2, 0.25) is 0 Å². The van der Waals surface area contributed by atoms with Gasteiger partial charge in [-0.25, -0.2) is 4.98 Å². The number of benzene rings is 1. The predicted octanol–water partition coefficient (Wildman–Crippen LogP) is 1.29. The molecule has 0 radical (unpaired) electrons. The fourth-order valence-electron chi connectivity index (χ4n) is 1.18. The van der Waals surface area contributed by atoms with Crippen molar-refractivity contribution in [3.8, 4) is 0 Å². The first-order valence-corrected chi connectivity index (χ1v) is 5.08. The standard InChI is InChI=1S/C9H9BrN4/c10-6-1-2-7-8(5-6)12-9(3-4-11)14-13-7/h1-2,5H,3-4,11H2. The van der Waals surface area contributed by atoms with Crippen LogP contribution in [0.5, 0.6) is 0 Å². The van der Waals surface area contributed by atoms with Gasteiger partial charge >= 0.3 is 0 Å². The Kier molecular flexibility index (Phi) is 2.69. The van der Waals surface area contributed by atoms with E-state index in [-0.39, 0.29) is 0 Å². The molecule has 4 nitrogen and oxygen atoms in total. The largest absolute Gasteiger partial charge is 0.330 e. The van der Waals surface area contributed by atoms with Crippen molar-refractivity contribution in [1.29, 1.82) is 0 Å². The van der Waals surface area contributed by atoms with E-state index in [0.717, 1.165) is 15.5 Å². The topological polar surface area (TPSA) is 64.7 Å². The monoisotopic (exact) mass is 252 g/mol. The summed E-state index contributed by atoms with van der Waals surface area (Å²) in [5.74, 6) is 0.693. The smallest absolute Gasteiger partial charge is 0.152 e. The molecule has 0 aliphatic rings. The van der Waals surface area contributed by atoms with Crippen LogP contribution in [-0.2, 0) is 6.42 Å². The van der Waals surface area contributed by atoms with E-state index < -0.39 is 0 Å². The third-order valence-corrected chi connectivity index (χ3v) is 2.32. The lowest BCUT2D eigenvalue weighted by Gasteiger charge is -1.99. The molecular formula is C9H9BrN4. The summed E-state index contributed by atoms with van der Waals surface area (Å²) >= 11 is 3.38. The van der Waals surface area contributed by atoms with Crippen LogP contribution >= 0.6 is 15.9 Å². The Morgan fingerprint density at radius 3 is 2.86 bits per heavy atom. The fourth-order valence-corrected chi connectivity index (χ4v) is 1.53. The van der Waals surface area contributed by atoms with Gasteiger partial charge in [-0.1, -0.05) is 15.9 Å². The Balaban J connectivity index is 2.52. The molecule has 1 heterocycles. The quantitative estimate of drug-likeness (QED) is 0.875. The molecule has 0 saturated carbocycles. The molecule has 0 spiro atoms. The van der Waals surface area contributed by atoms with Gasteiger partial charge in [0, 0.05) is 10.9 Å². The summed E-state index contributed by atoms with van der Waals surface area (Å²) in [6, 6.07) is 5.72. The van der Waals surface area contributed by atoms with E-state index in [4.69, 9.17) is 5.73 Å². The van der Waals surface area contributed by atoms with Gasteiger partial charge in [-0.3, -0.25) is 0 Å². The molecule has 14 heavy (non-hydrogen) atoms. The highest BCUT2D eigenvalue weighted by atomic mass is 79.9. The SMILES string of the molecule is NCCc1nnc2ccc(Br)cc2n1. The van der Waals surface area contributed by atoms with E-state index in [2.05, 4.69) is 31.1 Å². The van der Waals surface area contributed by atoms with Crippen LogP contribution in [0.3, 0.4) is 0 Å². The highest BCUT2D eigenvalue weighted by molar-refractivity contribution is 9.10. The Morgan fingerprint density at radius 1 is 1.21 bits per heavy atom. The lowest BCUT2D eigenvalue weighted by molar-refractivity contribution is 0.832. The molecule has 2 N–H and O–H groups in total. The minimum Gasteiger partial charge on any atom is -0.330 e. The summed E-state index contributed by atoms with van der Waals surface area (Å²) < 4.78 is 0.990. The van der Waals surface area contributed by atoms with Crippen molar-refractivity contribution in [2.45, 2.75) is 6.42 Å². The van der Waals surface area contributed by atoms with Crippen molar-refractivity contribution in [3.05, 3.63) is 28.5 Å². The van der Waals surface area contributed by atoms with Crippen molar-refractivity contribution in [1.82, 2.24) is 15.2 Å². The van der Waals surface area contributed by atoms with Crippen LogP contribution in [0.2, 0.25) is 0 Å². The second kappa shape index (κ2) is 3.98. The van der Waals surface area contributed by atoms with Crippen LogP contribution in [0.1, 0.15) is 5.82 Å². The maximum atomic E-state index is 5.42. The third-order valence-electron chi connectivity index (χ3n) is 1.83. The Bertz CT molecular complexity index is 458. The zero-order valence-corrected chi connectivity index (χ0v) is 9.03. The number of fused-ring (bicyclic) bond motifs is 1. The number of nitrogens with zero attached hydrogens (tertiary/aromatic N) is 3. The summed E-state index contributed by atoms with van der Waals surface area (Å²) in [5.41, 5.74) is 7.06. The molecule has 2 aromatic rings. The highest BCUT2D eigenvalue weighted by Gasteiger charge is 2.00. The maximum Gasteiger partial charge on any atom is 0.152 e. The summed E-state index contributed by atoms with van der Waals surface area (Å²) in [6.07, 6.45) is 0.662. The average molecular weight is 253 g/mol. The summed E-state index contributed by atoms with van der Waals surface area (Å²) in [5, 5.41) is 8.02. The van der Waals surface area contributed by atoms with Crippen molar-refractivity contribution < 1.29 is 0 Å². The van der Waals surface area contributed by atoms with Gasteiger partial charge in [-0.2, -0.15) is 0 Å². The number of hydrogen-bond donors (Lipinski definition) is 1. The predicted molar refractivity (Wildman–Crippen MR) is 57.8 cm³/mol. The fraction of sp³-hybridized carbons (Fsp3) is 0.222. The Morgan fingerprint density at radius 2 is 2.07 bits per heavy atom. The van der Waals surface area contributed by atoms with Gasteiger partial charge in [0.25, 0.3) is 0 Å². The number of halogens is 1. The molecule has 5 heteroatoms. The molecular weight excluding hydrogens is 244 g/mol. The van der Waals surface area contributed by atoms with Crippen molar-refractivity contribution in [2.75, 3.05) is 6.54 Å². The van der Waals surface area contributed by atoms with E-state index in [1.165, 1.54) is 0 Å². The first-order valence-electron chi connectivity index (χ1n) is 4.28. The van der Waals surface area contributed by atoms with Gasteiger partial charge in [0.1, 0.15) is 5.52 Å². The highest BCUT2D eigenvalue weighted by Crippen LogP contribution is 2.15. The second-order valence-electron chi connectivity index (χ2n) is 2.90. The molecule has 0 amide bonds. The molecule has 0 unspecified atom stereocenters. The number of nitrogens with two attached hydrogens (primary N) is 1. The van der Waals surface area contributed by atoms with E-state index in [9.17, 15) is 0 Å². The van der Waals surface area contributed by atoms with Crippen LogP contribution in [-0.4, -0.2) is 21.7 Å². The van der Waals surface area contributed by atoms with Gasteiger partial charge in [-0.05, 0) is 24.7 Å². The van der Waals surface area contributed by atoms with Crippen LogP contribution in [0.15, 0.2) is 22.7 Å². The van der Waals surface area contributed by atoms with Crippen LogP contribution < -0.4 is 5.73 Å². The van der Waals surface area contributed by atoms with E-state index >= 15 is 0 Å². The minimum atomic E-state index is 0.543. The van der Waals surface area contributed by atoms with Gasteiger partial charge in [0.15, 0.2) is 5.82 Å². The molecule has 0 bridgehead atoms. The summed E-state index contributed by atoms with van der Waals surface area (Å²) in [6.45, 7) is 0.543. The third kappa shape index (κ3) is 1.88. The number of hydrogen-bond acceptors (Lipinski definition) is 4. The average Bonchev–Trinajstić information content (AvgIpc) is 2.17. The maximum absolute atomic E-state index is 5.42. The van der Waals surface area contributed by atoms with E-state index in [1.807, 2.05) is 18.2 Å². The first-order chi connectivity index (χ1) is 6.79. The normalized spacial score (nSPS) is 10.7. The zero-order chi connectivity index (χ0) is 9.97. The molecule has 1 aromatic heterocycles.